The summed E-state index contributed by atoms with van der Waals surface area (Å²) in [7, 11) is 5.02. The van der Waals surface area contributed by atoms with Crippen molar-refractivity contribution in [1.82, 2.24) is 9.80 Å². The van der Waals surface area contributed by atoms with Crippen molar-refractivity contribution in [2.75, 3.05) is 34.4 Å². The third-order valence-electron chi connectivity index (χ3n) is 4.56. The van der Waals surface area contributed by atoms with Gasteiger partial charge in [0.2, 0.25) is 11.8 Å². The molecule has 6 nitrogen and oxygen atoms in total. The van der Waals surface area contributed by atoms with E-state index < -0.39 is 0 Å². The summed E-state index contributed by atoms with van der Waals surface area (Å²) < 4.78 is 10.7. The van der Waals surface area contributed by atoms with Crippen LogP contribution in [0.15, 0.2) is 18.2 Å². The number of ether oxygens (including phenoxy) is 2. The minimum atomic E-state index is -0.0805. The van der Waals surface area contributed by atoms with Crippen LogP contribution in [0.3, 0.4) is 0 Å². The second-order valence-corrected chi connectivity index (χ2v) is 7.72. The van der Waals surface area contributed by atoms with E-state index >= 15 is 0 Å². The third-order valence-corrected chi connectivity index (χ3v) is 5.95. The van der Waals surface area contributed by atoms with Crippen molar-refractivity contribution >= 4 is 23.6 Å². The molecule has 144 valence electrons. The number of nitrogens with zero attached hydrogens (tertiary/aromatic N) is 2. The minimum absolute atomic E-state index is 0.0514. The van der Waals surface area contributed by atoms with Gasteiger partial charge in [-0.05, 0) is 31.0 Å². The third kappa shape index (κ3) is 4.44. The highest BCUT2D eigenvalue weighted by molar-refractivity contribution is 8.01. The zero-order valence-corrected chi connectivity index (χ0v) is 17.0. The first-order chi connectivity index (χ1) is 12.4. The van der Waals surface area contributed by atoms with Crippen molar-refractivity contribution in [2.45, 2.75) is 37.3 Å². The summed E-state index contributed by atoms with van der Waals surface area (Å²) in [6.07, 6.45) is 1.26. The molecule has 2 amide bonds. The van der Waals surface area contributed by atoms with Crippen molar-refractivity contribution < 1.29 is 19.1 Å². The maximum atomic E-state index is 12.6. The number of carbonyl (C=O) groups is 2. The minimum Gasteiger partial charge on any atom is -0.493 e. The highest BCUT2D eigenvalue weighted by atomic mass is 32.2. The molecular formula is C19H28N2O4S. The van der Waals surface area contributed by atoms with Crippen LogP contribution >= 0.6 is 11.8 Å². The molecule has 1 saturated heterocycles. The van der Waals surface area contributed by atoms with E-state index in [0.717, 1.165) is 12.0 Å². The van der Waals surface area contributed by atoms with E-state index in [1.54, 1.807) is 37.9 Å². The summed E-state index contributed by atoms with van der Waals surface area (Å²) in [4.78, 5) is 27.9. The molecule has 0 bridgehead atoms. The van der Waals surface area contributed by atoms with Gasteiger partial charge in [0.05, 0.1) is 19.5 Å². The van der Waals surface area contributed by atoms with Crippen molar-refractivity contribution in [3.8, 4) is 11.5 Å². The first-order valence-corrected chi connectivity index (χ1v) is 9.79. The second-order valence-electron chi connectivity index (χ2n) is 6.30. The number of carbonyl (C=O) groups excluding carboxylic acids is 2. The first kappa shape index (κ1) is 20.4. The second kappa shape index (κ2) is 9.16. The highest BCUT2D eigenvalue weighted by Crippen LogP contribution is 2.44. The predicted octanol–water partition coefficient (Wildman–Crippen LogP) is 2.92. The van der Waals surface area contributed by atoms with Crippen LogP contribution in [0.25, 0.3) is 0 Å². The summed E-state index contributed by atoms with van der Waals surface area (Å²) in [5.74, 6) is 1.59. The molecule has 0 aliphatic carbocycles. The van der Waals surface area contributed by atoms with E-state index in [1.165, 1.54) is 0 Å². The lowest BCUT2D eigenvalue weighted by Crippen LogP contribution is -2.34. The number of amides is 2. The SMILES string of the molecule is CCC(=O)N(C)CCCN1C(=O)C(C)SC1c1ccc(OC)c(OC)c1. The average Bonchev–Trinajstić information content (AvgIpc) is 2.94. The van der Waals surface area contributed by atoms with E-state index in [2.05, 4.69) is 0 Å². The molecule has 1 aliphatic heterocycles. The normalized spacial score (nSPS) is 19.6. The van der Waals surface area contributed by atoms with E-state index in [4.69, 9.17) is 9.47 Å². The molecule has 1 heterocycles. The molecule has 1 aromatic rings. The van der Waals surface area contributed by atoms with Gasteiger partial charge in [-0.25, -0.2) is 0 Å². The Bertz CT molecular complexity index is 652. The Balaban J connectivity index is 2.11. The Morgan fingerprint density at radius 3 is 2.58 bits per heavy atom. The average molecular weight is 381 g/mol. The molecule has 7 heteroatoms. The fourth-order valence-electron chi connectivity index (χ4n) is 3.04. The van der Waals surface area contributed by atoms with Crippen molar-refractivity contribution in [3.63, 3.8) is 0 Å². The Hall–Kier alpha value is -1.89. The van der Waals surface area contributed by atoms with Gasteiger partial charge in [0.25, 0.3) is 0 Å². The fourth-order valence-corrected chi connectivity index (χ4v) is 4.34. The van der Waals surface area contributed by atoms with Gasteiger partial charge in [0, 0.05) is 26.6 Å². The van der Waals surface area contributed by atoms with Gasteiger partial charge in [-0.1, -0.05) is 13.0 Å². The summed E-state index contributed by atoms with van der Waals surface area (Å²) in [5, 5.41) is -0.132. The van der Waals surface area contributed by atoms with Gasteiger partial charge in [-0.2, -0.15) is 0 Å². The summed E-state index contributed by atoms with van der Waals surface area (Å²) >= 11 is 1.64. The predicted molar refractivity (Wildman–Crippen MR) is 104 cm³/mol. The van der Waals surface area contributed by atoms with Crippen molar-refractivity contribution in [3.05, 3.63) is 23.8 Å². The number of benzene rings is 1. The maximum Gasteiger partial charge on any atom is 0.236 e. The van der Waals surface area contributed by atoms with Crippen LogP contribution in [0.1, 0.15) is 37.6 Å². The Morgan fingerprint density at radius 1 is 1.27 bits per heavy atom. The van der Waals surface area contributed by atoms with Gasteiger partial charge in [-0.3, -0.25) is 9.59 Å². The molecule has 1 aliphatic rings. The largest absolute Gasteiger partial charge is 0.493 e. The van der Waals surface area contributed by atoms with Gasteiger partial charge >= 0.3 is 0 Å². The van der Waals surface area contributed by atoms with Crippen LogP contribution in [0.5, 0.6) is 11.5 Å². The Kier molecular flexibility index (Phi) is 7.20. The molecule has 1 aromatic carbocycles. The van der Waals surface area contributed by atoms with E-state index in [0.29, 0.717) is 31.0 Å². The molecule has 0 spiro atoms. The molecule has 1 fully saturated rings. The topological polar surface area (TPSA) is 59.1 Å². The molecule has 2 unspecified atom stereocenters. The smallest absolute Gasteiger partial charge is 0.236 e. The van der Waals surface area contributed by atoms with Crippen LogP contribution in [-0.4, -0.2) is 61.2 Å². The molecule has 2 atom stereocenters. The van der Waals surface area contributed by atoms with Crippen LogP contribution in [0.4, 0.5) is 0 Å². The van der Waals surface area contributed by atoms with Crippen LogP contribution in [0.2, 0.25) is 0 Å². The van der Waals surface area contributed by atoms with Gasteiger partial charge in [0.15, 0.2) is 11.5 Å². The molecule has 0 radical (unpaired) electrons. The van der Waals surface area contributed by atoms with Crippen LogP contribution in [-0.2, 0) is 9.59 Å². The number of methoxy groups -OCH3 is 2. The first-order valence-electron chi connectivity index (χ1n) is 8.84. The van der Waals surface area contributed by atoms with Crippen LogP contribution < -0.4 is 9.47 Å². The van der Waals surface area contributed by atoms with E-state index in [1.807, 2.05) is 36.9 Å². The monoisotopic (exact) mass is 380 g/mol. The fraction of sp³-hybridized carbons (Fsp3) is 0.579. The number of thioether (sulfide) groups is 1. The van der Waals surface area contributed by atoms with Crippen molar-refractivity contribution in [1.29, 1.82) is 0 Å². The molecule has 2 rings (SSSR count). The molecule has 0 aromatic heterocycles. The van der Waals surface area contributed by atoms with Gasteiger partial charge in [-0.15, -0.1) is 11.8 Å². The lowest BCUT2D eigenvalue weighted by molar-refractivity contribution is -0.130. The standard InChI is InChI=1S/C19H28N2O4S/c1-6-17(22)20(3)10-7-11-21-18(23)13(2)26-19(21)14-8-9-15(24-4)16(12-14)25-5/h8-9,12-13,19H,6-7,10-11H2,1-5H3. The number of hydrogen-bond donors (Lipinski definition) is 0. The molecule has 0 N–H and O–H groups in total. The molecular weight excluding hydrogens is 352 g/mol. The van der Waals surface area contributed by atoms with Gasteiger partial charge in [0.1, 0.15) is 5.37 Å². The quantitative estimate of drug-likeness (QED) is 0.694. The number of rotatable bonds is 8. The Labute approximate surface area is 159 Å². The maximum absolute atomic E-state index is 12.6. The summed E-state index contributed by atoms with van der Waals surface area (Å²) in [6.45, 7) is 5.06. The zero-order chi connectivity index (χ0) is 19.3. The van der Waals surface area contributed by atoms with Gasteiger partial charge < -0.3 is 19.3 Å². The highest BCUT2D eigenvalue weighted by Gasteiger charge is 2.38. The Morgan fingerprint density at radius 2 is 1.96 bits per heavy atom. The van der Waals surface area contributed by atoms with Crippen molar-refractivity contribution in [2.24, 2.45) is 0 Å². The lowest BCUT2D eigenvalue weighted by Gasteiger charge is -2.26. The van der Waals surface area contributed by atoms with Crippen LogP contribution in [0, 0.1) is 0 Å². The summed E-state index contributed by atoms with van der Waals surface area (Å²) in [5.41, 5.74) is 1.02. The summed E-state index contributed by atoms with van der Waals surface area (Å²) in [6, 6.07) is 5.78. The number of hydrogen-bond acceptors (Lipinski definition) is 5. The molecule has 0 saturated carbocycles. The van der Waals surface area contributed by atoms with E-state index in [9.17, 15) is 9.59 Å². The molecule has 26 heavy (non-hydrogen) atoms. The lowest BCUT2D eigenvalue weighted by atomic mass is 10.1. The zero-order valence-electron chi connectivity index (χ0n) is 16.2. The van der Waals surface area contributed by atoms with E-state index in [-0.39, 0.29) is 22.4 Å².